The average Bonchev–Trinajstić information content (AvgIpc) is 2.68. The number of amides is 1. The Morgan fingerprint density at radius 1 is 1.24 bits per heavy atom. The van der Waals surface area contributed by atoms with E-state index in [0.29, 0.717) is 11.4 Å². The molecule has 1 aromatic rings. The smallest absolute Gasteiger partial charge is 0.310 e. The normalized spacial score (nSPS) is 12.3. The highest BCUT2D eigenvalue weighted by Gasteiger charge is 2.43. The molecule has 0 aliphatic carbocycles. The summed E-state index contributed by atoms with van der Waals surface area (Å²) in [4.78, 5) is 23.3. The van der Waals surface area contributed by atoms with Crippen molar-refractivity contribution in [1.82, 2.24) is 15.5 Å². The monoisotopic (exact) mass is 296 g/mol. The molecule has 0 unspecified atom stereocenters. The van der Waals surface area contributed by atoms with Crippen molar-refractivity contribution in [2.45, 2.75) is 47.1 Å². The van der Waals surface area contributed by atoms with E-state index in [1.807, 2.05) is 6.92 Å². The van der Waals surface area contributed by atoms with Crippen LogP contribution in [0, 0.1) is 19.3 Å². The van der Waals surface area contributed by atoms with Crippen LogP contribution in [0.5, 0.6) is 0 Å². The Balaban J connectivity index is 2.67. The van der Waals surface area contributed by atoms with E-state index in [4.69, 9.17) is 0 Å². The van der Waals surface area contributed by atoms with Gasteiger partial charge in [-0.15, -0.1) is 0 Å². The van der Waals surface area contributed by atoms with Gasteiger partial charge in [0, 0.05) is 5.54 Å². The third-order valence-electron chi connectivity index (χ3n) is 4.18. The SMILES string of the molecule is Cc1n[nH]c(C)c1NC(=O)CNC(C)(C)C(C)(C)C(=O)O. The molecule has 1 amide bonds. The summed E-state index contributed by atoms with van der Waals surface area (Å²) in [7, 11) is 0. The number of nitrogens with zero attached hydrogens (tertiary/aromatic N) is 1. The van der Waals surface area contributed by atoms with Crippen LogP contribution in [-0.4, -0.2) is 39.3 Å². The van der Waals surface area contributed by atoms with Gasteiger partial charge >= 0.3 is 5.97 Å². The minimum absolute atomic E-state index is 0.0216. The maximum atomic E-state index is 12.0. The number of carboxylic acid groups (broad SMARTS) is 1. The minimum atomic E-state index is -1.01. The number of nitrogens with one attached hydrogen (secondary N) is 3. The summed E-state index contributed by atoms with van der Waals surface area (Å²) in [5, 5.41) is 21.8. The number of aromatic amines is 1. The van der Waals surface area contributed by atoms with Gasteiger partial charge in [-0.25, -0.2) is 0 Å². The number of aromatic nitrogens is 2. The summed E-state index contributed by atoms with van der Waals surface area (Å²) < 4.78 is 0. The molecule has 0 bridgehead atoms. The highest BCUT2D eigenvalue weighted by Crippen LogP contribution is 2.30. The molecule has 118 valence electrons. The van der Waals surface area contributed by atoms with Crippen LogP contribution in [0.15, 0.2) is 0 Å². The number of anilines is 1. The zero-order valence-electron chi connectivity index (χ0n) is 13.4. The van der Waals surface area contributed by atoms with Crippen molar-refractivity contribution < 1.29 is 14.7 Å². The van der Waals surface area contributed by atoms with Gasteiger partial charge in [-0.05, 0) is 41.5 Å². The zero-order valence-corrected chi connectivity index (χ0v) is 13.4. The highest BCUT2D eigenvalue weighted by molar-refractivity contribution is 5.93. The molecule has 0 aliphatic rings. The van der Waals surface area contributed by atoms with Gasteiger partial charge < -0.3 is 15.7 Å². The highest BCUT2D eigenvalue weighted by atomic mass is 16.4. The fourth-order valence-corrected chi connectivity index (χ4v) is 1.71. The molecule has 21 heavy (non-hydrogen) atoms. The molecule has 1 rings (SSSR count). The second-order valence-electron chi connectivity index (χ2n) is 6.27. The first-order valence-electron chi connectivity index (χ1n) is 6.79. The van der Waals surface area contributed by atoms with E-state index < -0.39 is 16.9 Å². The Hall–Kier alpha value is -1.89. The predicted molar refractivity (Wildman–Crippen MR) is 80.2 cm³/mol. The van der Waals surface area contributed by atoms with E-state index >= 15 is 0 Å². The molecule has 0 saturated carbocycles. The standard InChI is InChI=1S/C14H24N4O3/c1-8-11(9(2)18-17-8)16-10(19)7-15-14(5,6)13(3,4)12(20)21/h15H,7H2,1-6H3,(H,16,19)(H,17,18)(H,20,21). The van der Waals surface area contributed by atoms with E-state index in [1.54, 1.807) is 34.6 Å². The molecule has 7 nitrogen and oxygen atoms in total. The van der Waals surface area contributed by atoms with Crippen LogP contribution in [0.4, 0.5) is 5.69 Å². The van der Waals surface area contributed by atoms with Gasteiger partial charge in [-0.1, -0.05) is 0 Å². The second kappa shape index (κ2) is 5.85. The van der Waals surface area contributed by atoms with E-state index in [0.717, 1.165) is 5.69 Å². The lowest BCUT2D eigenvalue weighted by Gasteiger charge is -2.38. The number of carboxylic acids is 1. The summed E-state index contributed by atoms with van der Waals surface area (Å²) in [6, 6.07) is 0. The van der Waals surface area contributed by atoms with Crippen molar-refractivity contribution in [3.63, 3.8) is 0 Å². The van der Waals surface area contributed by atoms with Gasteiger partial charge in [0.15, 0.2) is 0 Å². The third kappa shape index (κ3) is 3.60. The number of hydrogen-bond acceptors (Lipinski definition) is 4. The Morgan fingerprint density at radius 2 is 1.81 bits per heavy atom. The van der Waals surface area contributed by atoms with Crippen LogP contribution < -0.4 is 10.6 Å². The van der Waals surface area contributed by atoms with E-state index in [1.165, 1.54) is 0 Å². The van der Waals surface area contributed by atoms with Gasteiger partial charge in [0.05, 0.1) is 29.0 Å². The third-order valence-corrected chi connectivity index (χ3v) is 4.18. The largest absolute Gasteiger partial charge is 0.481 e. The van der Waals surface area contributed by atoms with Crippen molar-refractivity contribution in [1.29, 1.82) is 0 Å². The summed E-state index contributed by atoms with van der Waals surface area (Å²) in [6.45, 7) is 10.4. The number of hydrogen-bond donors (Lipinski definition) is 4. The molecule has 7 heteroatoms. The number of carbonyl (C=O) groups is 2. The van der Waals surface area contributed by atoms with Crippen LogP contribution in [0.2, 0.25) is 0 Å². The van der Waals surface area contributed by atoms with E-state index in [2.05, 4.69) is 20.8 Å². The lowest BCUT2D eigenvalue weighted by Crippen LogP contribution is -2.56. The molecular weight excluding hydrogens is 272 g/mol. The number of rotatable bonds is 6. The van der Waals surface area contributed by atoms with Crippen molar-refractivity contribution in [3.05, 3.63) is 11.4 Å². The van der Waals surface area contributed by atoms with Crippen LogP contribution in [0.25, 0.3) is 0 Å². The number of aliphatic carboxylic acids is 1. The Morgan fingerprint density at radius 3 is 2.24 bits per heavy atom. The second-order valence-corrected chi connectivity index (χ2v) is 6.27. The van der Waals surface area contributed by atoms with Gasteiger partial charge in [0.25, 0.3) is 0 Å². The van der Waals surface area contributed by atoms with Crippen LogP contribution >= 0.6 is 0 Å². The minimum Gasteiger partial charge on any atom is -0.481 e. The average molecular weight is 296 g/mol. The Labute approximate surface area is 124 Å². The molecule has 0 aromatic carbocycles. The number of carbonyl (C=O) groups excluding carboxylic acids is 1. The fourth-order valence-electron chi connectivity index (χ4n) is 1.71. The Bertz CT molecular complexity index is 527. The molecule has 1 heterocycles. The quantitative estimate of drug-likeness (QED) is 0.635. The van der Waals surface area contributed by atoms with Gasteiger partial charge in [-0.3, -0.25) is 14.7 Å². The number of H-pyrrole nitrogens is 1. The van der Waals surface area contributed by atoms with Crippen molar-refractivity contribution >= 4 is 17.6 Å². The summed E-state index contributed by atoms with van der Waals surface area (Å²) in [5.41, 5.74) is 0.417. The fraction of sp³-hybridized carbons (Fsp3) is 0.643. The molecule has 0 aliphatic heterocycles. The molecule has 0 fully saturated rings. The van der Waals surface area contributed by atoms with Crippen molar-refractivity contribution in [2.75, 3.05) is 11.9 Å². The molecule has 0 saturated heterocycles. The van der Waals surface area contributed by atoms with E-state index in [-0.39, 0.29) is 12.5 Å². The maximum absolute atomic E-state index is 12.0. The molecule has 0 atom stereocenters. The molecule has 0 radical (unpaired) electrons. The zero-order chi connectivity index (χ0) is 16.4. The summed E-state index contributed by atoms with van der Waals surface area (Å²) in [6.07, 6.45) is 0. The first-order chi connectivity index (χ1) is 9.49. The van der Waals surface area contributed by atoms with Crippen LogP contribution in [0.3, 0.4) is 0 Å². The lowest BCUT2D eigenvalue weighted by atomic mass is 9.74. The number of aryl methyl sites for hydroxylation is 2. The topological polar surface area (TPSA) is 107 Å². The molecule has 1 aromatic heterocycles. The molecular formula is C14H24N4O3. The van der Waals surface area contributed by atoms with Gasteiger partial charge in [0.2, 0.25) is 5.91 Å². The first kappa shape index (κ1) is 17.2. The predicted octanol–water partition coefficient (Wildman–Crippen LogP) is 1.44. The lowest BCUT2D eigenvalue weighted by molar-refractivity contribution is -0.151. The van der Waals surface area contributed by atoms with Crippen LogP contribution in [0.1, 0.15) is 39.1 Å². The first-order valence-corrected chi connectivity index (χ1v) is 6.79. The van der Waals surface area contributed by atoms with Crippen molar-refractivity contribution in [3.8, 4) is 0 Å². The van der Waals surface area contributed by atoms with Gasteiger partial charge in [-0.2, -0.15) is 5.10 Å². The van der Waals surface area contributed by atoms with Crippen molar-refractivity contribution in [2.24, 2.45) is 5.41 Å². The maximum Gasteiger partial charge on any atom is 0.310 e. The summed E-state index contributed by atoms with van der Waals surface area (Å²) >= 11 is 0. The Kier molecular flexibility index (Phi) is 4.78. The van der Waals surface area contributed by atoms with Crippen LogP contribution in [-0.2, 0) is 9.59 Å². The van der Waals surface area contributed by atoms with Gasteiger partial charge in [0.1, 0.15) is 0 Å². The van der Waals surface area contributed by atoms with E-state index in [9.17, 15) is 14.7 Å². The summed E-state index contributed by atoms with van der Waals surface area (Å²) in [5.74, 6) is -1.15. The molecule has 4 N–H and O–H groups in total. The molecule has 0 spiro atoms.